The monoisotopic (exact) mass is 332 g/mol. The number of anilines is 1. The average molecular weight is 333 g/mol. The van der Waals surface area contributed by atoms with E-state index in [0.29, 0.717) is 5.82 Å². The molecule has 1 N–H and O–H groups in total. The SMILES string of the molecule is CNc1ncc(S(=O)(=O)N(CCC#N)CCOC)cc1Cl. The molecular weight excluding hydrogens is 316 g/mol. The van der Waals surface area contributed by atoms with Gasteiger partial charge in [-0.1, -0.05) is 11.6 Å². The van der Waals surface area contributed by atoms with Gasteiger partial charge in [0.15, 0.2) is 0 Å². The first-order chi connectivity index (χ1) is 9.97. The number of sulfonamides is 1. The van der Waals surface area contributed by atoms with Crippen molar-refractivity contribution in [3.05, 3.63) is 17.3 Å². The minimum atomic E-state index is -3.77. The van der Waals surface area contributed by atoms with Crippen molar-refractivity contribution in [2.24, 2.45) is 0 Å². The van der Waals surface area contributed by atoms with Crippen molar-refractivity contribution in [1.29, 1.82) is 5.26 Å². The lowest BCUT2D eigenvalue weighted by Gasteiger charge is -2.20. The first-order valence-corrected chi connectivity index (χ1v) is 7.98. The van der Waals surface area contributed by atoms with Crippen LogP contribution in [-0.4, -0.2) is 51.6 Å². The van der Waals surface area contributed by atoms with Gasteiger partial charge in [-0.2, -0.15) is 9.57 Å². The summed E-state index contributed by atoms with van der Waals surface area (Å²) in [6, 6.07) is 3.26. The van der Waals surface area contributed by atoms with Crippen molar-refractivity contribution in [3.8, 4) is 6.07 Å². The number of nitrogens with zero attached hydrogens (tertiary/aromatic N) is 3. The molecule has 0 atom stereocenters. The molecule has 1 heterocycles. The Hall–Kier alpha value is -1.40. The third-order valence-corrected chi connectivity index (χ3v) is 4.86. The van der Waals surface area contributed by atoms with Gasteiger partial charge < -0.3 is 10.1 Å². The molecule has 0 saturated carbocycles. The summed E-state index contributed by atoms with van der Waals surface area (Å²) in [4.78, 5) is 3.95. The van der Waals surface area contributed by atoms with E-state index in [-0.39, 0.29) is 36.0 Å². The van der Waals surface area contributed by atoms with Gasteiger partial charge in [0.2, 0.25) is 10.0 Å². The van der Waals surface area contributed by atoms with E-state index >= 15 is 0 Å². The van der Waals surface area contributed by atoms with Crippen LogP contribution in [0, 0.1) is 11.3 Å². The Balaban J connectivity index is 3.09. The molecule has 116 valence electrons. The summed E-state index contributed by atoms with van der Waals surface area (Å²) in [5, 5.41) is 11.6. The van der Waals surface area contributed by atoms with E-state index in [0.717, 1.165) is 0 Å². The first-order valence-electron chi connectivity index (χ1n) is 6.16. The molecule has 0 aliphatic heterocycles. The second-order valence-electron chi connectivity index (χ2n) is 4.06. The molecule has 0 radical (unpaired) electrons. The minimum Gasteiger partial charge on any atom is -0.383 e. The topological polar surface area (TPSA) is 95.3 Å². The molecular formula is C12H17ClN4O3S. The van der Waals surface area contributed by atoms with Gasteiger partial charge in [-0.3, -0.25) is 0 Å². The van der Waals surface area contributed by atoms with Gasteiger partial charge in [0.1, 0.15) is 10.7 Å². The number of hydrogen-bond acceptors (Lipinski definition) is 6. The largest absolute Gasteiger partial charge is 0.383 e. The number of hydrogen-bond donors (Lipinski definition) is 1. The van der Waals surface area contributed by atoms with E-state index in [2.05, 4.69) is 10.3 Å². The van der Waals surface area contributed by atoms with E-state index in [9.17, 15) is 8.42 Å². The van der Waals surface area contributed by atoms with Crippen LogP contribution in [0.25, 0.3) is 0 Å². The number of pyridine rings is 1. The Morgan fingerprint density at radius 3 is 2.76 bits per heavy atom. The van der Waals surface area contributed by atoms with Crippen molar-refractivity contribution in [1.82, 2.24) is 9.29 Å². The zero-order chi connectivity index (χ0) is 15.9. The van der Waals surface area contributed by atoms with Gasteiger partial charge in [0, 0.05) is 39.9 Å². The predicted octanol–water partition coefficient (Wildman–Crippen LogP) is 1.33. The Labute approximate surface area is 129 Å². The average Bonchev–Trinajstić information content (AvgIpc) is 2.47. The number of nitriles is 1. The van der Waals surface area contributed by atoms with Crippen LogP contribution in [0.1, 0.15) is 6.42 Å². The normalized spacial score (nSPS) is 11.4. The van der Waals surface area contributed by atoms with Crippen molar-refractivity contribution in [2.75, 3.05) is 39.2 Å². The first kappa shape index (κ1) is 17.7. The number of aromatic nitrogens is 1. The van der Waals surface area contributed by atoms with Gasteiger partial charge >= 0.3 is 0 Å². The van der Waals surface area contributed by atoms with Crippen molar-refractivity contribution in [3.63, 3.8) is 0 Å². The van der Waals surface area contributed by atoms with Crippen molar-refractivity contribution < 1.29 is 13.2 Å². The standard InChI is InChI=1S/C12H17ClN4O3S/c1-15-12-11(13)8-10(9-16-12)21(18,19)17(5-3-4-14)6-7-20-2/h8-9H,3,5-7H2,1-2H3,(H,15,16). The summed E-state index contributed by atoms with van der Waals surface area (Å²) in [6.07, 6.45) is 1.33. The Bertz CT molecular complexity index is 615. The molecule has 0 amide bonds. The van der Waals surface area contributed by atoms with Crippen LogP contribution >= 0.6 is 11.6 Å². The van der Waals surface area contributed by atoms with Crippen LogP contribution in [-0.2, 0) is 14.8 Å². The molecule has 0 aliphatic carbocycles. The van der Waals surface area contributed by atoms with Crippen LogP contribution in [0.15, 0.2) is 17.2 Å². The number of rotatable bonds is 8. The quantitative estimate of drug-likeness (QED) is 0.771. The summed E-state index contributed by atoms with van der Waals surface area (Å²) >= 11 is 5.96. The molecule has 0 aliphatic rings. The highest BCUT2D eigenvalue weighted by molar-refractivity contribution is 7.89. The summed E-state index contributed by atoms with van der Waals surface area (Å²) in [5.74, 6) is 0.399. The van der Waals surface area contributed by atoms with Gasteiger partial charge in [-0.05, 0) is 6.07 Å². The fraction of sp³-hybridized carbons (Fsp3) is 0.500. The maximum Gasteiger partial charge on any atom is 0.244 e. The van der Waals surface area contributed by atoms with Crippen LogP contribution in [0.2, 0.25) is 5.02 Å². The van der Waals surface area contributed by atoms with Crippen LogP contribution in [0.4, 0.5) is 5.82 Å². The smallest absolute Gasteiger partial charge is 0.244 e. The molecule has 0 spiro atoms. The third kappa shape index (κ3) is 4.54. The van der Waals surface area contributed by atoms with Gasteiger partial charge in [0.25, 0.3) is 0 Å². The molecule has 1 aromatic rings. The highest BCUT2D eigenvalue weighted by atomic mass is 35.5. The lowest BCUT2D eigenvalue weighted by atomic mass is 10.4. The second kappa shape index (κ2) is 8.14. The maximum atomic E-state index is 12.5. The van der Waals surface area contributed by atoms with Gasteiger partial charge in [-0.25, -0.2) is 13.4 Å². The van der Waals surface area contributed by atoms with Crippen LogP contribution in [0.3, 0.4) is 0 Å². The highest BCUT2D eigenvalue weighted by Gasteiger charge is 2.25. The Morgan fingerprint density at radius 2 is 2.24 bits per heavy atom. The van der Waals surface area contributed by atoms with Crippen LogP contribution < -0.4 is 5.32 Å². The Morgan fingerprint density at radius 1 is 1.52 bits per heavy atom. The lowest BCUT2D eigenvalue weighted by Crippen LogP contribution is -2.34. The van der Waals surface area contributed by atoms with Crippen molar-refractivity contribution in [2.45, 2.75) is 11.3 Å². The highest BCUT2D eigenvalue weighted by Crippen LogP contribution is 2.24. The summed E-state index contributed by atoms with van der Waals surface area (Å²) in [7, 11) is -0.645. The number of ether oxygens (including phenoxy) is 1. The fourth-order valence-corrected chi connectivity index (χ4v) is 3.34. The zero-order valence-corrected chi connectivity index (χ0v) is 13.4. The third-order valence-electron chi connectivity index (χ3n) is 2.71. The summed E-state index contributed by atoms with van der Waals surface area (Å²) in [6.45, 7) is 0.486. The molecule has 1 aromatic heterocycles. The number of methoxy groups -OCH3 is 1. The van der Waals surface area contributed by atoms with E-state index in [1.165, 1.54) is 23.7 Å². The molecule has 0 bridgehead atoms. The summed E-state index contributed by atoms with van der Waals surface area (Å²) < 4.78 is 31.2. The molecule has 1 rings (SSSR count). The van der Waals surface area contributed by atoms with E-state index < -0.39 is 10.0 Å². The zero-order valence-electron chi connectivity index (χ0n) is 11.8. The molecule has 0 unspecified atom stereocenters. The predicted molar refractivity (Wildman–Crippen MR) is 79.7 cm³/mol. The van der Waals surface area contributed by atoms with E-state index in [1.807, 2.05) is 6.07 Å². The molecule has 21 heavy (non-hydrogen) atoms. The van der Waals surface area contributed by atoms with Crippen molar-refractivity contribution >= 4 is 27.4 Å². The van der Waals surface area contributed by atoms with E-state index in [1.54, 1.807) is 7.05 Å². The summed E-state index contributed by atoms with van der Waals surface area (Å²) in [5.41, 5.74) is 0. The lowest BCUT2D eigenvalue weighted by molar-refractivity contribution is 0.179. The van der Waals surface area contributed by atoms with E-state index in [4.69, 9.17) is 21.6 Å². The Kier molecular flexibility index (Phi) is 6.84. The van der Waals surface area contributed by atoms with Crippen LogP contribution in [0.5, 0.6) is 0 Å². The van der Waals surface area contributed by atoms with Gasteiger partial charge in [-0.15, -0.1) is 0 Å². The number of nitrogens with one attached hydrogen (secondary N) is 1. The molecule has 7 nitrogen and oxygen atoms in total. The molecule has 0 saturated heterocycles. The minimum absolute atomic E-state index is 0.0134. The maximum absolute atomic E-state index is 12.5. The fourth-order valence-electron chi connectivity index (χ4n) is 1.61. The molecule has 9 heteroatoms. The number of halogens is 1. The molecule has 0 aromatic carbocycles. The molecule has 0 fully saturated rings. The van der Waals surface area contributed by atoms with Gasteiger partial charge in [0.05, 0.1) is 17.7 Å². The second-order valence-corrected chi connectivity index (χ2v) is 6.40.